The number of Topliss-reactive ketones (excluding diaryl/α,β-unsaturated/α-hetero) is 2. The molecule has 3 aliphatic carbocycles. The number of unbranched alkanes of at least 4 members (excludes halogenated alkanes) is 2. The van der Waals surface area contributed by atoms with Crippen molar-refractivity contribution in [2.75, 3.05) is 0 Å². The zero-order chi connectivity index (χ0) is 25.1. The summed E-state index contributed by atoms with van der Waals surface area (Å²) in [7, 11) is 0. The minimum Gasteiger partial charge on any atom is -0.299 e. The summed E-state index contributed by atoms with van der Waals surface area (Å²) >= 11 is 0. The van der Waals surface area contributed by atoms with Crippen molar-refractivity contribution in [3.8, 4) is 0 Å². The molecule has 34 heavy (non-hydrogen) atoms. The maximum atomic E-state index is 14.3. The van der Waals surface area contributed by atoms with Gasteiger partial charge in [0.15, 0.2) is 0 Å². The summed E-state index contributed by atoms with van der Waals surface area (Å²) in [5, 5.41) is 0. The first-order chi connectivity index (χ1) is 16.0. The number of rotatable bonds is 13. The summed E-state index contributed by atoms with van der Waals surface area (Å²) in [6.07, 6.45) is 15.5. The van der Waals surface area contributed by atoms with E-state index in [1.54, 1.807) is 0 Å². The van der Waals surface area contributed by atoms with Crippen LogP contribution in [0.2, 0.25) is 0 Å². The Balaban J connectivity index is 1.79. The van der Waals surface area contributed by atoms with Crippen LogP contribution in [0.1, 0.15) is 118 Å². The third kappa shape index (κ3) is 6.14. The van der Waals surface area contributed by atoms with E-state index in [0.717, 1.165) is 44.9 Å². The minimum atomic E-state index is -0.0455. The first-order valence-corrected chi connectivity index (χ1v) is 14.4. The lowest BCUT2D eigenvalue weighted by molar-refractivity contribution is -0.136. The molecule has 0 aromatic carbocycles. The fraction of sp³-hybridized carbons (Fsp3) is 0.812. The van der Waals surface area contributed by atoms with Gasteiger partial charge in [-0.3, -0.25) is 9.59 Å². The molecule has 3 aliphatic rings. The van der Waals surface area contributed by atoms with Crippen molar-refractivity contribution in [3.05, 3.63) is 24.8 Å². The number of allylic oxidation sites excluding steroid dienone is 2. The smallest absolute Gasteiger partial charge is 0.140 e. The number of hydrogen-bond acceptors (Lipinski definition) is 2. The number of ketones is 2. The molecule has 3 fully saturated rings. The molecule has 0 saturated heterocycles. The maximum Gasteiger partial charge on any atom is 0.140 e. The fourth-order valence-electron chi connectivity index (χ4n) is 7.86. The Labute approximate surface area is 210 Å². The van der Waals surface area contributed by atoms with Crippen molar-refractivity contribution < 1.29 is 9.59 Å². The molecule has 0 aliphatic heterocycles. The van der Waals surface area contributed by atoms with E-state index in [4.69, 9.17) is 0 Å². The molecule has 0 heterocycles. The van der Waals surface area contributed by atoms with E-state index in [0.29, 0.717) is 35.7 Å². The van der Waals surface area contributed by atoms with Crippen LogP contribution in [-0.4, -0.2) is 11.6 Å². The summed E-state index contributed by atoms with van der Waals surface area (Å²) in [6.45, 7) is 19.6. The number of fused-ring (bicyclic) bond motifs is 1. The molecule has 0 radical (unpaired) electrons. The van der Waals surface area contributed by atoms with Crippen LogP contribution in [0.4, 0.5) is 0 Å². The second-order valence-corrected chi connectivity index (χ2v) is 13.5. The Morgan fingerprint density at radius 2 is 1.79 bits per heavy atom. The summed E-state index contributed by atoms with van der Waals surface area (Å²) in [5.74, 6) is 2.28. The molecule has 6 atom stereocenters. The first kappa shape index (κ1) is 27.4. The van der Waals surface area contributed by atoms with Crippen LogP contribution < -0.4 is 0 Å². The van der Waals surface area contributed by atoms with Crippen LogP contribution in [-0.2, 0) is 9.59 Å². The second-order valence-electron chi connectivity index (χ2n) is 13.5. The lowest BCUT2D eigenvalue weighted by atomic mass is 9.68. The molecule has 3 saturated carbocycles. The highest BCUT2D eigenvalue weighted by Crippen LogP contribution is 2.73. The second kappa shape index (κ2) is 11.3. The van der Waals surface area contributed by atoms with Gasteiger partial charge in [-0.1, -0.05) is 78.5 Å². The lowest BCUT2D eigenvalue weighted by Crippen LogP contribution is -2.38. The zero-order valence-corrected chi connectivity index (χ0v) is 23.0. The zero-order valence-electron chi connectivity index (χ0n) is 23.0. The van der Waals surface area contributed by atoms with Gasteiger partial charge in [0.1, 0.15) is 11.6 Å². The molecule has 0 amide bonds. The Hall–Kier alpha value is -1.18. The largest absolute Gasteiger partial charge is 0.299 e. The molecule has 2 nitrogen and oxygen atoms in total. The molecule has 192 valence electrons. The van der Waals surface area contributed by atoms with Gasteiger partial charge >= 0.3 is 0 Å². The van der Waals surface area contributed by atoms with E-state index in [1.807, 2.05) is 6.08 Å². The van der Waals surface area contributed by atoms with Crippen molar-refractivity contribution in [1.29, 1.82) is 0 Å². The molecule has 3 rings (SSSR count). The number of carbonyl (C=O) groups excluding carboxylic acids is 2. The van der Waals surface area contributed by atoms with Crippen molar-refractivity contribution >= 4 is 11.6 Å². The third-order valence-electron chi connectivity index (χ3n) is 9.71. The molecule has 0 bridgehead atoms. The van der Waals surface area contributed by atoms with Crippen LogP contribution in [0.3, 0.4) is 0 Å². The van der Waals surface area contributed by atoms with Gasteiger partial charge in [0.25, 0.3) is 0 Å². The van der Waals surface area contributed by atoms with Crippen molar-refractivity contribution in [2.45, 2.75) is 118 Å². The Morgan fingerprint density at radius 3 is 2.38 bits per heavy atom. The topological polar surface area (TPSA) is 34.1 Å². The predicted molar refractivity (Wildman–Crippen MR) is 144 cm³/mol. The molecule has 0 aromatic rings. The van der Waals surface area contributed by atoms with Crippen LogP contribution in [0.25, 0.3) is 0 Å². The van der Waals surface area contributed by atoms with Gasteiger partial charge < -0.3 is 0 Å². The Morgan fingerprint density at radius 1 is 1.12 bits per heavy atom. The minimum absolute atomic E-state index is 0.0341. The standard InChI is InChI=1S/C32H52O2/c1-8-10-11-15-18-27(33)28-25(20-26-29(28)32(26,7)9-2)30(34)24(23-16-13-12-14-17-23)19-22(3)21-31(4,5)6/h8,23-26,28-29H,1,3,9-21H2,2,4-7H3. The van der Waals surface area contributed by atoms with Gasteiger partial charge in [0.05, 0.1) is 0 Å². The normalized spacial score (nSPS) is 32.1. The molecule has 0 aromatic heterocycles. The van der Waals surface area contributed by atoms with Gasteiger partial charge in [-0.25, -0.2) is 0 Å². The van der Waals surface area contributed by atoms with Gasteiger partial charge in [0.2, 0.25) is 0 Å². The molecule has 6 unspecified atom stereocenters. The Bertz CT molecular complexity index is 749. The van der Waals surface area contributed by atoms with E-state index >= 15 is 0 Å². The summed E-state index contributed by atoms with van der Waals surface area (Å²) < 4.78 is 0. The third-order valence-corrected chi connectivity index (χ3v) is 9.71. The Kier molecular flexibility index (Phi) is 9.07. The molecular formula is C32H52O2. The van der Waals surface area contributed by atoms with Crippen LogP contribution in [0.5, 0.6) is 0 Å². The van der Waals surface area contributed by atoms with Gasteiger partial charge in [-0.15, -0.1) is 6.58 Å². The number of carbonyl (C=O) groups is 2. The van der Waals surface area contributed by atoms with E-state index in [9.17, 15) is 9.59 Å². The average molecular weight is 469 g/mol. The fourth-order valence-corrected chi connectivity index (χ4v) is 7.86. The first-order valence-electron chi connectivity index (χ1n) is 14.4. The maximum absolute atomic E-state index is 14.3. The van der Waals surface area contributed by atoms with Gasteiger partial charge in [-0.2, -0.15) is 0 Å². The molecular weight excluding hydrogens is 416 g/mol. The quantitative estimate of drug-likeness (QED) is 0.200. The van der Waals surface area contributed by atoms with Crippen LogP contribution in [0, 0.1) is 46.3 Å². The number of hydrogen-bond donors (Lipinski definition) is 0. The highest BCUT2D eigenvalue weighted by molar-refractivity contribution is 5.93. The molecule has 0 N–H and O–H groups in total. The average Bonchev–Trinajstić information content (AvgIpc) is 3.15. The van der Waals surface area contributed by atoms with E-state index in [2.05, 4.69) is 47.8 Å². The van der Waals surface area contributed by atoms with Gasteiger partial charge in [0, 0.05) is 24.2 Å². The monoisotopic (exact) mass is 468 g/mol. The van der Waals surface area contributed by atoms with E-state index in [1.165, 1.54) is 37.7 Å². The lowest BCUT2D eigenvalue weighted by Gasteiger charge is -2.35. The SMILES string of the molecule is C=CCCCCC(=O)C1C(C(=O)C(CC(=C)CC(C)(C)C)C2CCCCC2)CC2C1C2(C)CC. The predicted octanol–water partition coefficient (Wildman–Crippen LogP) is 8.75. The van der Waals surface area contributed by atoms with Crippen LogP contribution in [0.15, 0.2) is 24.8 Å². The van der Waals surface area contributed by atoms with Crippen molar-refractivity contribution in [3.63, 3.8) is 0 Å². The summed E-state index contributed by atoms with van der Waals surface area (Å²) in [4.78, 5) is 27.9. The van der Waals surface area contributed by atoms with Crippen molar-refractivity contribution in [2.24, 2.45) is 46.3 Å². The van der Waals surface area contributed by atoms with Crippen molar-refractivity contribution in [1.82, 2.24) is 0 Å². The van der Waals surface area contributed by atoms with E-state index in [-0.39, 0.29) is 28.6 Å². The van der Waals surface area contributed by atoms with Gasteiger partial charge in [-0.05, 0) is 80.0 Å². The molecule has 2 heteroatoms. The molecule has 0 spiro atoms. The van der Waals surface area contributed by atoms with E-state index < -0.39 is 0 Å². The summed E-state index contributed by atoms with van der Waals surface area (Å²) in [6, 6.07) is 0. The van der Waals surface area contributed by atoms with Crippen LogP contribution >= 0.6 is 0 Å². The summed E-state index contributed by atoms with van der Waals surface area (Å²) in [5.41, 5.74) is 1.69. The highest BCUT2D eigenvalue weighted by atomic mass is 16.1. The highest BCUT2D eigenvalue weighted by Gasteiger charge is 2.70.